The van der Waals surface area contributed by atoms with Gasteiger partial charge in [0.05, 0.1) is 77.7 Å². The summed E-state index contributed by atoms with van der Waals surface area (Å²) in [6, 6.07) is -6.82. The molecule has 534 valence electrons. The van der Waals surface area contributed by atoms with Crippen LogP contribution < -0.4 is 48.3 Å². The maximum absolute atomic E-state index is 12.1. The van der Waals surface area contributed by atoms with E-state index in [0.29, 0.717) is 6.29 Å². The second-order valence-electron chi connectivity index (χ2n) is 29.3. The largest absolute Gasteiger partial charge is 0.480 e. The van der Waals surface area contributed by atoms with Gasteiger partial charge in [-0.25, -0.2) is 33.6 Å². The average Bonchev–Trinajstić information content (AvgIpc) is 1.95. The highest BCUT2D eigenvalue weighted by Crippen LogP contribution is 2.20. The Morgan fingerprint density at radius 2 is 0.791 bits per heavy atom. The number of aliphatic carboxylic acids is 1. The fraction of sp³-hybridized carbons (Fsp3) is 0.833. The molecule has 13 N–H and O–H groups in total. The molecular weight excluding hydrogens is 1220 g/mol. The van der Waals surface area contributed by atoms with Crippen molar-refractivity contribution in [3.05, 3.63) is 0 Å². The van der Waals surface area contributed by atoms with Gasteiger partial charge in [0.2, 0.25) is 0 Å². The van der Waals surface area contributed by atoms with Gasteiger partial charge in [-0.05, 0) is 201 Å². The summed E-state index contributed by atoms with van der Waals surface area (Å²) in [4.78, 5) is 114. The molecule has 10 amide bonds. The minimum atomic E-state index is -1.16. The number of carbonyl (C=O) groups is 10. The van der Waals surface area contributed by atoms with Crippen molar-refractivity contribution < 1.29 is 101 Å². The van der Waals surface area contributed by atoms with Crippen LogP contribution >= 0.6 is 12.4 Å². The SMILES string of the molecule is C[C@@H](O)[C@H](N)C1NC(=O)NC1=O.C[C@@H](OC(C)(C)C)[C@@H](NC(=O)OC(C)(C)C)C(=O)O.C[C@@H](OC(C)(C)C)[C@@H](NC(=O)OC(C)(C)C)C1NC(=O)NC1=O.C[C@@H](OC(C)(C)C)[C@H](C=O)NC(=O)OC(C)(C)C.C[C@@H](OC(C)(C)C)[C@H](CO)NC(=O)OC(C)(C)C.Cl. The van der Waals surface area contributed by atoms with Crippen LogP contribution in [-0.4, -0.2) is 200 Å². The van der Waals surface area contributed by atoms with Crippen LogP contribution in [-0.2, 0) is 57.1 Å². The molecule has 2 heterocycles. The third kappa shape index (κ3) is 46.8. The van der Waals surface area contributed by atoms with Gasteiger partial charge in [-0.2, -0.15) is 0 Å². The Labute approximate surface area is 545 Å². The summed E-state index contributed by atoms with van der Waals surface area (Å²) in [6.07, 6.45) is -4.74. The predicted octanol–water partition coefficient (Wildman–Crippen LogP) is 6.14. The number of halogens is 1. The Morgan fingerprint density at radius 1 is 0.484 bits per heavy atom. The molecule has 0 saturated carbocycles. The Bertz CT molecular complexity index is 2310. The lowest BCUT2D eigenvalue weighted by Crippen LogP contribution is -2.58. The molecule has 2 rings (SSSR count). The Hall–Kier alpha value is -5.89. The number of alkyl carbamates (subject to hydrolysis) is 4. The van der Waals surface area contributed by atoms with Crippen molar-refractivity contribution in [2.75, 3.05) is 6.61 Å². The molecule has 0 radical (unpaired) electrons. The zero-order valence-electron chi connectivity index (χ0n) is 59.4. The van der Waals surface area contributed by atoms with Crippen LogP contribution in [0.1, 0.15) is 201 Å². The topological polar surface area (TPSA) is 427 Å². The lowest BCUT2D eigenvalue weighted by molar-refractivity contribution is -0.147. The second kappa shape index (κ2) is 38.3. The average molecular weight is 1340 g/mol. The molecular formula is C60H116ClN9O21. The van der Waals surface area contributed by atoms with Crippen molar-refractivity contribution >= 4 is 72.9 Å². The number of hydrogen-bond acceptors (Lipinski definition) is 21. The lowest BCUT2D eigenvalue weighted by Gasteiger charge is -2.33. The number of nitrogens with one attached hydrogen (secondary N) is 8. The Morgan fingerprint density at radius 3 is 1.09 bits per heavy atom. The summed E-state index contributed by atoms with van der Waals surface area (Å²) in [5.74, 6) is -2.17. The first-order valence-electron chi connectivity index (χ1n) is 29.7. The highest BCUT2D eigenvalue weighted by atomic mass is 35.5. The monoisotopic (exact) mass is 1330 g/mol. The molecule has 30 nitrogen and oxygen atoms in total. The van der Waals surface area contributed by atoms with Gasteiger partial charge in [-0.3, -0.25) is 20.2 Å². The zero-order valence-corrected chi connectivity index (χ0v) is 60.2. The Balaban J connectivity index is -0.000000525. The number of hydrogen-bond donors (Lipinski definition) is 12. The number of aliphatic hydroxyl groups excluding tert-OH is 2. The van der Waals surface area contributed by atoms with Crippen molar-refractivity contribution in [3.63, 3.8) is 0 Å². The minimum absolute atomic E-state index is 0. The number of carbonyl (C=O) groups excluding carboxylic acids is 9. The van der Waals surface area contributed by atoms with E-state index in [1.165, 1.54) is 6.92 Å². The first-order chi connectivity index (χ1) is 40.0. The van der Waals surface area contributed by atoms with Crippen LogP contribution in [0.15, 0.2) is 0 Å². The molecule has 12 atom stereocenters. The number of aliphatic hydroxyl groups is 2. The number of carboxylic acids is 1. The summed E-state index contributed by atoms with van der Waals surface area (Å²) in [5, 5.41) is 46.5. The van der Waals surface area contributed by atoms with Gasteiger partial charge in [-0.15, -0.1) is 12.4 Å². The molecule has 2 saturated heterocycles. The molecule has 2 aliphatic heterocycles. The second-order valence-corrected chi connectivity index (χ2v) is 29.3. The maximum atomic E-state index is 12.1. The van der Waals surface area contributed by atoms with Gasteiger partial charge in [-0.1, -0.05) is 0 Å². The van der Waals surface area contributed by atoms with E-state index in [2.05, 4.69) is 37.2 Å². The molecule has 0 aliphatic carbocycles. The normalized spacial score (nSPS) is 18.5. The molecule has 91 heavy (non-hydrogen) atoms. The number of ether oxygens (including phenoxy) is 8. The quantitative estimate of drug-likeness (QED) is 0.0416. The van der Waals surface area contributed by atoms with Crippen LogP contribution in [0, 0.1) is 0 Å². The highest BCUT2D eigenvalue weighted by molar-refractivity contribution is 6.05. The van der Waals surface area contributed by atoms with Crippen LogP contribution in [0.2, 0.25) is 0 Å². The van der Waals surface area contributed by atoms with E-state index in [4.69, 9.17) is 53.8 Å². The number of nitrogens with two attached hydrogens (primary N) is 1. The summed E-state index contributed by atoms with van der Waals surface area (Å²) < 4.78 is 43.1. The van der Waals surface area contributed by atoms with Crippen LogP contribution in [0.4, 0.5) is 28.8 Å². The number of urea groups is 2. The number of aldehydes is 1. The lowest BCUT2D eigenvalue weighted by atomic mass is 10.0. The van der Waals surface area contributed by atoms with E-state index in [0.717, 1.165) is 0 Å². The molecule has 2 aliphatic rings. The smallest absolute Gasteiger partial charge is 0.408 e. The fourth-order valence-corrected chi connectivity index (χ4v) is 7.40. The first-order valence-corrected chi connectivity index (χ1v) is 29.7. The predicted molar refractivity (Wildman–Crippen MR) is 342 cm³/mol. The molecule has 2 unspecified atom stereocenters. The summed E-state index contributed by atoms with van der Waals surface area (Å²) >= 11 is 0. The third-order valence-electron chi connectivity index (χ3n) is 10.5. The summed E-state index contributed by atoms with van der Waals surface area (Å²) in [7, 11) is 0. The van der Waals surface area contributed by atoms with Crippen molar-refractivity contribution in [2.45, 2.75) is 318 Å². The van der Waals surface area contributed by atoms with Crippen LogP contribution in [0.3, 0.4) is 0 Å². The van der Waals surface area contributed by atoms with E-state index < -0.39 is 155 Å². The van der Waals surface area contributed by atoms with Crippen molar-refractivity contribution in [2.24, 2.45) is 5.73 Å². The summed E-state index contributed by atoms with van der Waals surface area (Å²) in [5.41, 5.74) is 1.26. The molecule has 31 heteroatoms. The van der Waals surface area contributed by atoms with E-state index >= 15 is 0 Å². The van der Waals surface area contributed by atoms with Gasteiger partial charge in [0.1, 0.15) is 46.8 Å². The van der Waals surface area contributed by atoms with Gasteiger partial charge in [0.15, 0.2) is 6.04 Å². The number of carboxylic acid groups (broad SMARTS) is 1. The van der Waals surface area contributed by atoms with Gasteiger partial charge >= 0.3 is 42.4 Å². The Kier molecular flexibility index (Phi) is 38.6. The number of imide groups is 2. The molecule has 0 aromatic carbocycles. The summed E-state index contributed by atoms with van der Waals surface area (Å²) in [6.45, 7) is 51.6. The molecule has 0 aromatic heterocycles. The van der Waals surface area contributed by atoms with Crippen LogP contribution in [0.25, 0.3) is 0 Å². The van der Waals surface area contributed by atoms with Crippen molar-refractivity contribution in [1.82, 2.24) is 42.5 Å². The third-order valence-corrected chi connectivity index (χ3v) is 10.5. The molecule has 2 fully saturated rings. The maximum Gasteiger partial charge on any atom is 0.408 e. The molecule has 0 spiro atoms. The van der Waals surface area contributed by atoms with Gasteiger partial charge in [0, 0.05) is 0 Å². The van der Waals surface area contributed by atoms with E-state index in [-0.39, 0.29) is 36.3 Å². The first kappa shape index (κ1) is 91.5. The number of amides is 10. The van der Waals surface area contributed by atoms with Gasteiger partial charge in [0.25, 0.3) is 11.8 Å². The van der Waals surface area contributed by atoms with E-state index in [1.807, 2.05) is 95.3 Å². The van der Waals surface area contributed by atoms with Crippen molar-refractivity contribution in [3.8, 4) is 0 Å². The number of rotatable bonds is 18. The standard InChI is InChI=1S/C15H27N3O5.C13H25NO5.C13H27NO4.C13H25NO4.C6H11N3O3.ClH/c1-8(22-14(2,3)4)9(10-11(19)18-12(20)16-10)17-13(21)23-15(5,6)7;1-8(18-12(2,3)4)9(10(15)16)14-11(17)19-13(5,6)7;2*1-9(17-12(2,3)4)10(8-15)14-11(16)18-13(5,6)7;1-2(10)3(7)4-5(11)9-6(12)8-4;/h8-10H,1-7H3,(H,17,21)(H2,16,18,19,20);8-9H,1-7H3,(H,14,17)(H,15,16);9-10,15H,8H2,1-7H3,(H,14,16);8-10H,1-7H3,(H,14,16);2-4,10H,7H2,1H3,(H2,8,9,11,12);1H/t8-,9-,10?;8-,9-;2*9-,10+;2-,3+,4?;/m11111./s1. The highest BCUT2D eigenvalue weighted by Gasteiger charge is 2.42. The minimum Gasteiger partial charge on any atom is -0.480 e. The molecule has 0 bridgehead atoms. The fourth-order valence-electron chi connectivity index (χ4n) is 7.40. The van der Waals surface area contributed by atoms with E-state index in [1.54, 1.807) is 104 Å². The molecule has 0 aromatic rings. The van der Waals surface area contributed by atoms with Crippen molar-refractivity contribution in [1.29, 1.82) is 0 Å². The zero-order chi connectivity index (χ0) is 71.9. The van der Waals surface area contributed by atoms with E-state index in [9.17, 15) is 53.1 Å². The van der Waals surface area contributed by atoms with Crippen LogP contribution in [0.5, 0.6) is 0 Å². The van der Waals surface area contributed by atoms with Gasteiger partial charge < -0.3 is 95.6 Å².